The Morgan fingerprint density at radius 1 is 1.26 bits per heavy atom. The Morgan fingerprint density at radius 3 is 2.63 bits per heavy atom. The quantitative estimate of drug-likeness (QED) is 0.782. The third kappa shape index (κ3) is 2.14. The fourth-order valence-electron chi connectivity index (χ4n) is 2.83. The van der Waals surface area contributed by atoms with Crippen molar-refractivity contribution in [2.45, 2.75) is 18.4 Å². The minimum Gasteiger partial charge on any atom is -0.441 e. The lowest BCUT2D eigenvalue weighted by molar-refractivity contribution is 0.00678. The molecule has 1 spiro atoms. The number of nitrogens with two attached hydrogens (primary N) is 1. The second-order valence-corrected chi connectivity index (χ2v) is 5.50. The van der Waals surface area contributed by atoms with Crippen LogP contribution in [0.4, 0.5) is 16.2 Å². The van der Waals surface area contributed by atoms with Gasteiger partial charge in [0.2, 0.25) is 0 Å². The Hall–Kier alpha value is -1.75. The molecule has 102 valence electrons. The third-order valence-electron chi connectivity index (χ3n) is 4.10. The van der Waals surface area contributed by atoms with E-state index < -0.39 is 0 Å². The molecule has 2 N–H and O–H groups in total. The largest absolute Gasteiger partial charge is 0.441 e. The summed E-state index contributed by atoms with van der Waals surface area (Å²) in [5.74, 6) is 0. The van der Waals surface area contributed by atoms with Crippen molar-refractivity contribution in [3.05, 3.63) is 24.3 Å². The van der Waals surface area contributed by atoms with Gasteiger partial charge in [0.1, 0.15) is 5.60 Å². The number of rotatable bonds is 1. The molecular weight excluding hydrogens is 242 g/mol. The number of hydrogen-bond donors (Lipinski definition) is 1. The molecule has 2 aliphatic heterocycles. The number of hydrogen-bond acceptors (Lipinski definition) is 4. The van der Waals surface area contributed by atoms with E-state index >= 15 is 0 Å². The van der Waals surface area contributed by atoms with Crippen LogP contribution in [0, 0.1) is 0 Å². The van der Waals surface area contributed by atoms with E-state index in [0.29, 0.717) is 12.2 Å². The molecule has 2 aliphatic rings. The number of nitrogens with zero attached hydrogens (tertiary/aromatic N) is 2. The van der Waals surface area contributed by atoms with Gasteiger partial charge in [-0.2, -0.15) is 0 Å². The summed E-state index contributed by atoms with van der Waals surface area (Å²) in [4.78, 5) is 16.0. The van der Waals surface area contributed by atoms with Crippen LogP contribution in [0.5, 0.6) is 0 Å². The molecule has 0 radical (unpaired) electrons. The summed E-state index contributed by atoms with van der Waals surface area (Å²) in [7, 11) is 2.09. The Kier molecular flexibility index (Phi) is 2.86. The second kappa shape index (κ2) is 4.42. The van der Waals surface area contributed by atoms with Gasteiger partial charge in [-0.05, 0) is 19.2 Å². The second-order valence-electron chi connectivity index (χ2n) is 5.50. The number of piperidine rings is 1. The number of ether oxygens (including phenoxy) is 1. The molecule has 5 nitrogen and oxygen atoms in total. The topological polar surface area (TPSA) is 58.8 Å². The zero-order valence-corrected chi connectivity index (χ0v) is 11.1. The van der Waals surface area contributed by atoms with Crippen molar-refractivity contribution in [2.75, 3.05) is 37.3 Å². The van der Waals surface area contributed by atoms with Gasteiger partial charge in [0.25, 0.3) is 0 Å². The zero-order chi connectivity index (χ0) is 13.5. The lowest BCUT2D eigenvalue weighted by atomic mass is 9.91. The lowest BCUT2D eigenvalue weighted by Crippen LogP contribution is -2.45. The predicted octanol–water partition coefficient (Wildman–Crippen LogP) is 1.69. The van der Waals surface area contributed by atoms with Crippen LogP contribution in [0.2, 0.25) is 0 Å². The summed E-state index contributed by atoms with van der Waals surface area (Å²) in [5.41, 5.74) is 6.99. The predicted molar refractivity (Wildman–Crippen MR) is 74.1 cm³/mol. The van der Waals surface area contributed by atoms with E-state index in [1.807, 2.05) is 24.3 Å². The van der Waals surface area contributed by atoms with Crippen molar-refractivity contribution in [3.63, 3.8) is 0 Å². The van der Waals surface area contributed by atoms with Crippen LogP contribution in [-0.4, -0.2) is 43.3 Å². The van der Waals surface area contributed by atoms with E-state index in [4.69, 9.17) is 10.5 Å². The molecule has 1 aromatic rings. The van der Waals surface area contributed by atoms with Crippen LogP contribution in [0.15, 0.2) is 24.3 Å². The Balaban J connectivity index is 1.83. The summed E-state index contributed by atoms with van der Waals surface area (Å²) in [6, 6.07) is 7.43. The minimum absolute atomic E-state index is 0.276. The van der Waals surface area contributed by atoms with Gasteiger partial charge >= 0.3 is 6.09 Å². The molecular formula is C14H19N3O2. The van der Waals surface area contributed by atoms with Gasteiger partial charge < -0.3 is 15.4 Å². The average molecular weight is 261 g/mol. The summed E-state index contributed by atoms with van der Waals surface area (Å²) in [5, 5.41) is 0. The normalized spacial score (nSPS) is 22.8. The van der Waals surface area contributed by atoms with Gasteiger partial charge in [-0.1, -0.05) is 12.1 Å². The highest BCUT2D eigenvalue weighted by atomic mass is 16.6. The molecule has 0 aliphatic carbocycles. The van der Waals surface area contributed by atoms with Crippen LogP contribution in [0.3, 0.4) is 0 Å². The summed E-state index contributed by atoms with van der Waals surface area (Å²) in [6.45, 7) is 2.53. The molecule has 1 aromatic carbocycles. The third-order valence-corrected chi connectivity index (χ3v) is 4.10. The number of carbonyl (C=O) groups excluding carboxylic acids is 1. The van der Waals surface area contributed by atoms with Crippen molar-refractivity contribution >= 4 is 17.5 Å². The van der Waals surface area contributed by atoms with Gasteiger partial charge in [0, 0.05) is 25.9 Å². The van der Waals surface area contributed by atoms with Crippen LogP contribution in [-0.2, 0) is 4.74 Å². The van der Waals surface area contributed by atoms with E-state index in [9.17, 15) is 4.79 Å². The molecule has 3 rings (SSSR count). The average Bonchev–Trinajstić information content (AvgIpc) is 2.71. The van der Waals surface area contributed by atoms with Crippen molar-refractivity contribution in [1.82, 2.24) is 4.90 Å². The van der Waals surface area contributed by atoms with Gasteiger partial charge in [0.15, 0.2) is 0 Å². The first-order valence-electron chi connectivity index (χ1n) is 6.63. The van der Waals surface area contributed by atoms with E-state index in [2.05, 4.69) is 11.9 Å². The first kappa shape index (κ1) is 12.3. The highest BCUT2D eigenvalue weighted by molar-refractivity contribution is 5.93. The van der Waals surface area contributed by atoms with E-state index in [1.165, 1.54) is 0 Å². The van der Waals surface area contributed by atoms with Gasteiger partial charge in [-0.25, -0.2) is 4.79 Å². The van der Waals surface area contributed by atoms with Crippen molar-refractivity contribution in [2.24, 2.45) is 0 Å². The summed E-state index contributed by atoms with van der Waals surface area (Å²) < 4.78 is 5.66. The van der Waals surface area contributed by atoms with E-state index in [0.717, 1.165) is 31.6 Å². The van der Waals surface area contributed by atoms with Crippen LogP contribution >= 0.6 is 0 Å². The molecule has 1 amide bonds. The van der Waals surface area contributed by atoms with Crippen molar-refractivity contribution in [3.8, 4) is 0 Å². The number of likely N-dealkylation sites (tertiary alicyclic amines) is 1. The Labute approximate surface area is 112 Å². The molecule has 0 unspecified atom stereocenters. The smallest absolute Gasteiger partial charge is 0.415 e. The maximum Gasteiger partial charge on any atom is 0.415 e. The number of anilines is 2. The van der Waals surface area contributed by atoms with Crippen molar-refractivity contribution < 1.29 is 9.53 Å². The molecule has 2 heterocycles. The Morgan fingerprint density at radius 2 is 1.95 bits per heavy atom. The van der Waals surface area contributed by atoms with Gasteiger partial charge in [0.05, 0.1) is 17.9 Å². The van der Waals surface area contributed by atoms with Crippen molar-refractivity contribution in [1.29, 1.82) is 0 Å². The Bertz CT molecular complexity index is 495. The maximum atomic E-state index is 12.1. The molecule has 2 saturated heterocycles. The standard InChI is InChI=1S/C14H19N3O2/c1-16-8-6-14(7-9-16)10-17(13(18)19-14)12-5-3-2-4-11(12)15/h2-5H,6-10,15H2,1H3. The highest BCUT2D eigenvalue weighted by Gasteiger charge is 2.47. The molecule has 19 heavy (non-hydrogen) atoms. The maximum absolute atomic E-state index is 12.1. The number of benzene rings is 1. The number of para-hydroxylation sites is 2. The first-order valence-corrected chi connectivity index (χ1v) is 6.63. The lowest BCUT2D eigenvalue weighted by Gasteiger charge is -2.35. The van der Waals surface area contributed by atoms with Gasteiger partial charge in [-0.15, -0.1) is 0 Å². The molecule has 0 saturated carbocycles. The number of amides is 1. The first-order chi connectivity index (χ1) is 9.10. The van der Waals surface area contributed by atoms with Crippen LogP contribution in [0.25, 0.3) is 0 Å². The van der Waals surface area contributed by atoms with E-state index in [1.54, 1.807) is 4.90 Å². The van der Waals surface area contributed by atoms with E-state index in [-0.39, 0.29) is 11.7 Å². The minimum atomic E-state index is -0.328. The highest BCUT2D eigenvalue weighted by Crippen LogP contribution is 2.37. The zero-order valence-electron chi connectivity index (χ0n) is 11.1. The number of nitrogen functional groups attached to an aromatic ring is 1. The molecule has 0 atom stereocenters. The van der Waals surface area contributed by atoms with Gasteiger partial charge in [-0.3, -0.25) is 4.90 Å². The fraction of sp³-hybridized carbons (Fsp3) is 0.500. The SMILES string of the molecule is CN1CCC2(CC1)CN(c1ccccc1N)C(=O)O2. The summed E-state index contributed by atoms with van der Waals surface area (Å²) >= 11 is 0. The monoisotopic (exact) mass is 261 g/mol. The summed E-state index contributed by atoms with van der Waals surface area (Å²) in [6.07, 6.45) is 1.50. The molecule has 2 fully saturated rings. The molecule has 0 bridgehead atoms. The molecule has 5 heteroatoms. The number of carbonyl (C=O) groups is 1. The van der Waals surface area contributed by atoms with Crippen LogP contribution in [0.1, 0.15) is 12.8 Å². The molecule has 0 aromatic heterocycles. The van der Waals surface area contributed by atoms with Crippen LogP contribution < -0.4 is 10.6 Å². The fourth-order valence-corrected chi connectivity index (χ4v) is 2.83.